The first-order valence-corrected chi connectivity index (χ1v) is 6.55. The third kappa shape index (κ3) is 6.64. The first kappa shape index (κ1) is 16.4. The maximum Gasteiger partial charge on any atom is 0.224 e. The van der Waals surface area contributed by atoms with Gasteiger partial charge in [-0.2, -0.15) is 0 Å². The highest BCUT2D eigenvalue weighted by Crippen LogP contribution is 2.06. The number of carbonyl (C=O) groups excluding carboxylic acids is 1. The van der Waals surface area contributed by atoms with Crippen LogP contribution in [0.5, 0.6) is 0 Å². The van der Waals surface area contributed by atoms with E-state index in [0.717, 1.165) is 19.6 Å². The SMILES string of the molecule is CCNCC(C)C(=O)NCC(C(C)C)N(C)C. The molecule has 0 aromatic heterocycles. The van der Waals surface area contributed by atoms with Gasteiger partial charge in [0, 0.05) is 25.0 Å². The summed E-state index contributed by atoms with van der Waals surface area (Å²) in [6, 6.07) is 0.394. The average Bonchev–Trinajstić information content (AvgIpc) is 2.24. The fourth-order valence-corrected chi connectivity index (χ4v) is 1.85. The van der Waals surface area contributed by atoms with Gasteiger partial charge < -0.3 is 15.5 Å². The van der Waals surface area contributed by atoms with E-state index < -0.39 is 0 Å². The molecule has 0 saturated heterocycles. The highest BCUT2D eigenvalue weighted by atomic mass is 16.1. The fourth-order valence-electron chi connectivity index (χ4n) is 1.85. The van der Waals surface area contributed by atoms with Crippen molar-refractivity contribution in [1.82, 2.24) is 15.5 Å². The number of likely N-dealkylation sites (N-methyl/N-ethyl adjacent to an activating group) is 1. The van der Waals surface area contributed by atoms with E-state index in [-0.39, 0.29) is 11.8 Å². The number of nitrogens with one attached hydrogen (secondary N) is 2. The molecule has 0 aliphatic carbocycles. The van der Waals surface area contributed by atoms with Crippen molar-refractivity contribution in [3.05, 3.63) is 0 Å². The maximum absolute atomic E-state index is 11.8. The molecule has 0 fully saturated rings. The van der Waals surface area contributed by atoms with E-state index in [1.807, 2.05) is 13.8 Å². The van der Waals surface area contributed by atoms with Crippen LogP contribution < -0.4 is 10.6 Å². The minimum atomic E-state index is 0.0323. The zero-order valence-corrected chi connectivity index (χ0v) is 12.2. The van der Waals surface area contributed by atoms with Crippen molar-refractivity contribution in [2.75, 3.05) is 33.7 Å². The number of amides is 1. The smallest absolute Gasteiger partial charge is 0.224 e. The Labute approximate surface area is 106 Å². The summed E-state index contributed by atoms with van der Waals surface area (Å²) in [5.74, 6) is 0.706. The van der Waals surface area contributed by atoms with E-state index in [1.54, 1.807) is 0 Å². The molecule has 2 N–H and O–H groups in total. The molecule has 0 aliphatic heterocycles. The zero-order valence-electron chi connectivity index (χ0n) is 12.2. The van der Waals surface area contributed by atoms with E-state index in [2.05, 4.69) is 43.5 Å². The van der Waals surface area contributed by atoms with Crippen LogP contribution in [0.2, 0.25) is 0 Å². The van der Waals surface area contributed by atoms with Gasteiger partial charge in [-0.1, -0.05) is 27.7 Å². The predicted molar refractivity (Wildman–Crippen MR) is 73.0 cm³/mol. The predicted octanol–water partition coefficient (Wildman–Crippen LogP) is 0.934. The Bertz CT molecular complexity index is 209. The quantitative estimate of drug-likeness (QED) is 0.667. The zero-order chi connectivity index (χ0) is 13.4. The van der Waals surface area contributed by atoms with Crippen molar-refractivity contribution >= 4 is 5.91 Å². The Morgan fingerprint density at radius 2 is 1.76 bits per heavy atom. The Morgan fingerprint density at radius 1 is 1.18 bits per heavy atom. The summed E-state index contributed by atoms with van der Waals surface area (Å²) in [4.78, 5) is 14.0. The van der Waals surface area contributed by atoms with Gasteiger partial charge in [0.05, 0.1) is 0 Å². The van der Waals surface area contributed by atoms with E-state index >= 15 is 0 Å². The standard InChI is InChI=1S/C13H29N3O/c1-7-14-8-11(4)13(17)15-9-12(10(2)3)16(5)6/h10-12,14H,7-9H2,1-6H3,(H,15,17). The molecule has 2 unspecified atom stereocenters. The van der Waals surface area contributed by atoms with Crippen LogP contribution in [0.15, 0.2) is 0 Å². The second-order valence-corrected chi connectivity index (χ2v) is 5.23. The van der Waals surface area contributed by atoms with Gasteiger partial charge in [-0.15, -0.1) is 0 Å². The highest BCUT2D eigenvalue weighted by molar-refractivity contribution is 5.78. The van der Waals surface area contributed by atoms with Gasteiger partial charge >= 0.3 is 0 Å². The molecule has 4 heteroatoms. The fraction of sp³-hybridized carbons (Fsp3) is 0.923. The lowest BCUT2D eigenvalue weighted by molar-refractivity contribution is -0.124. The molecule has 1 amide bonds. The molecule has 0 aromatic carbocycles. The lowest BCUT2D eigenvalue weighted by Crippen LogP contribution is -2.45. The third-order valence-corrected chi connectivity index (χ3v) is 3.07. The van der Waals surface area contributed by atoms with Crippen LogP contribution in [-0.4, -0.2) is 50.6 Å². The van der Waals surface area contributed by atoms with Gasteiger partial charge in [-0.25, -0.2) is 0 Å². The molecule has 2 atom stereocenters. The Morgan fingerprint density at radius 3 is 2.18 bits per heavy atom. The van der Waals surface area contributed by atoms with Gasteiger partial charge in [0.25, 0.3) is 0 Å². The molecule has 0 aliphatic rings. The average molecular weight is 243 g/mol. The van der Waals surface area contributed by atoms with Crippen LogP contribution in [0, 0.1) is 11.8 Å². The number of hydrogen-bond acceptors (Lipinski definition) is 3. The molecule has 4 nitrogen and oxygen atoms in total. The normalized spacial score (nSPS) is 15.1. The largest absolute Gasteiger partial charge is 0.354 e. The van der Waals surface area contributed by atoms with Crippen LogP contribution >= 0.6 is 0 Å². The Hall–Kier alpha value is -0.610. The van der Waals surface area contributed by atoms with E-state index in [1.165, 1.54) is 0 Å². The third-order valence-electron chi connectivity index (χ3n) is 3.07. The number of rotatable bonds is 8. The topological polar surface area (TPSA) is 44.4 Å². The van der Waals surface area contributed by atoms with Crippen LogP contribution in [0.1, 0.15) is 27.7 Å². The number of nitrogens with zero attached hydrogens (tertiary/aromatic N) is 1. The summed E-state index contributed by atoms with van der Waals surface area (Å²) >= 11 is 0. The molecule has 0 rings (SSSR count). The molecule has 0 heterocycles. The van der Waals surface area contributed by atoms with Gasteiger partial charge in [0.2, 0.25) is 5.91 Å². The van der Waals surface area contributed by atoms with Gasteiger partial charge in [0.15, 0.2) is 0 Å². The van der Waals surface area contributed by atoms with Gasteiger partial charge in [-0.05, 0) is 26.6 Å². The monoisotopic (exact) mass is 243 g/mol. The molecule has 0 radical (unpaired) electrons. The first-order chi connectivity index (χ1) is 7.90. The minimum absolute atomic E-state index is 0.0323. The maximum atomic E-state index is 11.8. The number of hydrogen-bond donors (Lipinski definition) is 2. The Kier molecular flexibility index (Phi) is 8.17. The molecule has 0 aromatic rings. The summed E-state index contributed by atoms with van der Waals surface area (Å²) in [6.07, 6.45) is 0. The van der Waals surface area contributed by atoms with E-state index in [0.29, 0.717) is 12.0 Å². The summed E-state index contributed by atoms with van der Waals surface area (Å²) in [5.41, 5.74) is 0. The second kappa shape index (κ2) is 8.48. The first-order valence-electron chi connectivity index (χ1n) is 6.55. The molecule has 17 heavy (non-hydrogen) atoms. The molecule has 0 bridgehead atoms. The summed E-state index contributed by atoms with van der Waals surface area (Å²) in [7, 11) is 4.11. The Balaban J connectivity index is 4.03. The van der Waals surface area contributed by atoms with Crippen molar-refractivity contribution in [2.24, 2.45) is 11.8 Å². The molecular weight excluding hydrogens is 214 g/mol. The van der Waals surface area contributed by atoms with Crippen molar-refractivity contribution in [3.8, 4) is 0 Å². The molecule has 0 saturated carbocycles. The molecule has 0 spiro atoms. The van der Waals surface area contributed by atoms with Crippen LogP contribution in [-0.2, 0) is 4.79 Å². The van der Waals surface area contributed by atoms with Crippen molar-refractivity contribution in [2.45, 2.75) is 33.7 Å². The summed E-state index contributed by atoms with van der Waals surface area (Å²) in [6.45, 7) is 10.7. The molecule has 102 valence electrons. The lowest BCUT2D eigenvalue weighted by atomic mass is 10.0. The summed E-state index contributed by atoms with van der Waals surface area (Å²) in [5, 5.41) is 6.22. The van der Waals surface area contributed by atoms with E-state index in [4.69, 9.17) is 0 Å². The number of carbonyl (C=O) groups is 1. The van der Waals surface area contributed by atoms with Crippen LogP contribution in [0.3, 0.4) is 0 Å². The minimum Gasteiger partial charge on any atom is -0.354 e. The van der Waals surface area contributed by atoms with Gasteiger partial charge in [-0.3, -0.25) is 4.79 Å². The summed E-state index contributed by atoms with van der Waals surface area (Å²) < 4.78 is 0. The van der Waals surface area contributed by atoms with Crippen LogP contribution in [0.25, 0.3) is 0 Å². The highest BCUT2D eigenvalue weighted by Gasteiger charge is 2.18. The lowest BCUT2D eigenvalue weighted by Gasteiger charge is -2.28. The van der Waals surface area contributed by atoms with Crippen molar-refractivity contribution in [3.63, 3.8) is 0 Å². The van der Waals surface area contributed by atoms with Gasteiger partial charge in [0.1, 0.15) is 0 Å². The van der Waals surface area contributed by atoms with Crippen molar-refractivity contribution in [1.29, 1.82) is 0 Å². The molecular formula is C13H29N3O. The van der Waals surface area contributed by atoms with Crippen LogP contribution in [0.4, 0.5) is 0 Å². The second-order valence-electron chi connectivity index (χ2n) is 5.23. The van der Waals surface area contributed by atoms with Crippen molar-refractivity contribution < 1.29 is 4.79 Å². The van der Waals surface area contributed by atoms with E-state index in [9.17, 15) is 4.79 Å².